The molecule has 0 radical (unpaired) electrons. The van der Waals surface area contributed by atoms with Crippen LogP contribution in [0.4, 0.5) is 5.69 Å². The van der Waals surface area contributed by atoms with Gasteiger partial charge in [-0.3, -0.25) is 4.79 Å². The van der Waals surface area contributed by atoms with Crippen molar-refractivity contribution in [3.63, 3.8) is 0 Å². The zero-order valence-corrected chi connectivity index (χ0v) is 16.3. The van der Waals surface area contributed by atoms with Crippen molar-refractivity contribution in [2.75, 3.05) is 18.0 Å². The van der Waals surface area contributed by atoms with Crippen LogP contribution in [-0.4, -0.2) is 46.9 Å². The SMILES string of the molecule is CC(C)=C1CCC(N2CCC(N3C(=O)/C(=N\O)c4ccccc43)CC2)CC1. The highest BCUT2D eigenvalue weighted by Crippen LogP contribution is 2.35. The third-order valence-corrected chi connectivity index (χ3v) is 6.59. The summed E-state index contributed by atoms with van der Waals surface area (Å²) in [5.41, 5.74) is 4.96. The fourth-order valence-corrected chi connectivity index (χ4v) is 5.01. The largest absolute Gasteiger partial charge is 0.410 e. The molecule has 2 fully saturated rings. The number of rotatable bonds is 2. The molecular weight excluding hydrogens is 338 g/mol. The predicted octanol–water partition coefficient (Wildman–Crippen LogP) is 3.95. The summed E-state index contributed by atoms with van der Waals surface area (Å²) in [5, 5.41) is 12.6. The topological polar surface area (TPSA) is 56.1 Å². The summed E-state index contributed by atoms with van der Waals surface area (Å²) in [7, 11) is 0. The number of nitrogens with zero attached hydrogens (tertiary/aromatic N) is 3. The van der Waals surface area contributed by atoms with Gasteiger partial charge in [-0.1, -0.05) is 34.5 Å². The molecule has 1 aromatic rings. The maximum absolute atomic E-state index is 12.8. The van der Waals surface area contributed by atoms with Gasteiger partial charge in [0.1, 0.15) is 0 Å². The normalized spacial score (nSPS) is 25.9. The number of para-hydroxylation sites is 1. The average Bonchev–Trinajstić information content (AvgIpc) is 2.99. The minimum atomic E-state index is -0.164. The zero-order valence-electron chi connectivity index (χ0n) is 16.3. The summed E-state index contributed by atoms with van der Waals surface area (Å²) in [4.78, 5) is 17.3. The number of likely N-dealkylation sites (tertiary alicyclic amines) is 1. The minimum absolute atomic E-state index is 0.164. The van der Waals surface area contributed by atoms with Crippen LogP contribution < -0.4 is 4.90 Å². The van der Waals surface area contributed by atoms with E-state index in [2.05, 4.69) is 23.9 Å². The van der Waals surface area contributed by atoms with E-state index in [0.717, 1.165) is 37.2 Å². The van der Waals surface area contributed by atoms with Gasteiger partial charge in [-0.05, 0) is 58.4 Å². The lowest BCUT2D eigenvalue weighted by Crippen LogP contribution is -2.50. The Balaban J connectivity index is 1.42. The first kappa shape index (κ1) is 18.2. The fourth-order valence-electron chi connectivity index (χ4n) is 5.01. The molecular formula is C22H29N3O2. The van der Waals surface area contributed by atoms with E-state index < -0.39 is 0 Å². The lowest BCUT2D eigenvalue weighted by atomic mass is 9.86. The molecule has 1 amide bonds. The fraction of sp³-hybridized carbons (Fsp3) is 0.545. The van der Waals surface area contributed by atoms with Crippen molar-refractivity contribution in [2.45, 2.75) is 64.5 Å². The van der Waals surface area contributed by atoms with Crippen molar-refractivity contribution in [3.05, 3.63) is 41.0 Å². The molecule has 2 aliphatic heterocycles. The van der Waals surface area contributed by atoms with Crippen LogP contribution in [0.25, 0.3) is 0 Å². The van der Waals surface area contributed by atoms with E-state index in [0.29, 0.717) is 6.04 Å². The molecule has 27 heavy (non-hydrogen) atoms. The van der Waals surface area contributed by atoms with E-state index >= 15 is 0 Å². The van der Waals surface area contributed by atoms with E-state index in [9.17, 15) is 10.0 Å². The van der Waals surface area contributed by atoms with E-state index in [1.165, 1.54) is 31.3 Å². The van der Waals surface area contributed by atoms with Gasteiger partial charge in [0.2, 0.25) is 0 Å². The molecule has 1 N–H and O–H groups in total. The maximum Gasteiger partial charge on any atom is 0.281 e. The zero-order chi connectivity index (χ0) is 19.0. The van der Waals surface area contributed by atoms with Crippen LogP contribution in [0.3, 0.4) is 0 Å². The predicted molar refractivity (Wildman–Crippen MR) is 107 cm³/mol. The van der Waals surface area contributed by atoms with Gasteiger partial charge in [0.25, 0.3) is 5.91 Å². The second-order valence-electron chi connectivity index (χ2n) is 8.24. The van der Waals surface area contributed by atoms with Crippen LogP contribution in [0.15, 0.2) is 40.6 Å². The molecule has 144 valence electrons. The van der Waals surface area contributed by atoms with E-state index in [1.807, 2.05) is 29.2 Å². The van der Waals surface area contributed by atoms with Crippen LogP contribution in [0.5, 0.6) is 0 Å². The molecule has 3 aliphatic rings. The first-order valence-corrected chi connectivity index (χ1v) is 10.1. The molecule has 0 atom stereocenters. The number of hydrogen-bond donors (Lipinski definition) is 1. The van der Waals surface area contributed by atoms with Gasteiger partial charge in [-0.2, -0.15) is 0 Å². The Bertz CT molecular complexity index is 777. The summed E-state index contributed by atoms with van der Waals surface area (Å²) >= 11 is 0. The molecule has 5 heteroatoms. The molecule has 2 heterocycles. The van der Waals surface area contributed by atoms with Gasteiger partial charge in [-0.25, -0.2) is 0 Å². The number of allylic oxidation sites excluding steroid dienone is 2. The third kappa shape index (κ3) is 3.29. The number of benzene rings is 1. The molecule has 4 rings (SSSR count). The van der Waals surface area contributed by atoms with Crippen molar-refractivity contribution >= 4 is 17.3 Å². The minimum Gasteiger partial charge on any atom is -0.410 e. The molecule has 5 nitrogen and oxygen atoms in total. The highest BCUT2D eigenvalue weighted by molar-refractivity contribution is 6.54. The third-order valence-electron chi connectivity index (χ3n) is 6.59. The Labute approximate surface area is 161 Å². The summed E-state index contributed by atoms with van der Waals surface area (Å²) < 4.78 is 0. The van der Waals surface area contributed by atoms with Crippen molar-refractivity contribution in [2.24, 2.45) is 5.16 Å². The lowest BCUT2D eigenvalue weighted by Gasteiger charge is -2.42. The number of hydrogen-bond acceptors (Lipinski definition) is 4. The summed E-state index contributed by atoms with van der Waals surface area (Å²) in [6.45, 7) is 6.54. The average molecular weight is 367 g/mol. The standard InChI is InChI=1S/C22H29N3O2/c1-15(2)16-7-9-17(10-8-16)24-13-11-18(12-14-24)25-20-6-4-3-5-19(20)21(23-27)22(25)26/h3-6,17-18,27H,7-14H2,1-2H3/b23-21-. The Morgan fingerprint density at radius 2 is 1.70 bits per heavy atom. The van der Waals surface area contributed by atoms with Gasteiger partial charge in [-0.15, -0.1) is 0 Å². The summed E-state index contributed by atoms with van der Waals surface area (Å²) in [6, 6.07) is 8.52. The van der Waals surface area contributed by atoms with Gasteiger partial charge >= 0.3 is 0 Å². The quantitative estimate of drug-likeness (QED) is 0.489. The molecule has 0 unspecified atom stereocenters. The van der Waals surface area contributed by atoms with E-state index in [4.69, 9.17) is 0 Å². The second kappa shape index (κ2) is 7.47. The number of carbonyl (C=O) groups excluding carboxylic acids is 1. The molecule has 0 spiro atoms. The van der Waals surface area contributed by atoms with Crippen molar-refractivity contribution in [3.8, 4) is 0 Å². The molecule has 0 aromatic heterocycles. The van der Waals surface area contributed by atoms with Crippen molar-refractivity contribution in [1.29, 1.82) is 0 Å². The van der Waals surface area contributed by atoms with Gasteiger partial charge < -0.3 is 15.0 Å². The molecule has 1 saturated heterocycles. The maximum atomic E-state index is 12.8. The van der Waals surface area contributed by atoms with Crippen LogP contribution in [0, 0.1) is 0 Å². The van der Waals surface area contributed by atoms with Crippen LogP contribution in [0.2, 0.25) is 0 Å². The van der Waals surface area contributed by atoms with Crippen molar-refractivity contribution < 1.29 is 10.0 Å². The molecule has 1 saturated carbocycles. The van der Waals surface area contributed by atoms with Crippen LogP contribution in [-0.2, 0) is 4.79 Å². The second-order valence-corrected chi connectivity index (χ2v) is 8.24. The first-order chi connectivity index (χ1) is 13.1. The van der Waals surface area contributed by atoms with Crippen LogP contribution in [0.1, 0.15) is 57.9 Å². The van der Waals surface area contributed by atoms with Gasteiger partial charge in [0, 0.05) is 30.7 Å². The number of amides is 1. The highest BCUT2D eigenvalue weighted by atomic mass is 16.4. The Morgan fingerprint density at radius 1 is 1.04 bits per heavy atom. The van der Waals surface area contributed by atoms with Gasteiger partial charge in [0.05, 0.1) is 5.69 Å². The highest BCUT2D eigenvalue weighted by Gasteiger charge is 2.40. The summed E-state index contributed by atoms with van der Waals surface area (Å²) in [5.74, 6) is -0.164. The molecule has 1 aromatic carbocycles. The van der Waals surface area contributed by atoms with Crippen LogP contribution >= 0.6 is 0 Å². The Kier molecular flexibility index (Phi) is 5.04. The number of fused-ring (bicyclic) bond motifs is 1. The number of anilines is 1. The van der Waals surface area contributed by atoms with Crippen molar-refractivity contribution in [1.82, 2.24) is 4.90 Å². The molecule has 0 bridgehead atoms. The summed E-state index contributed by atoms with van der Waals surface area (Å²) in [6.07, 6.45) is 6.95. The first-order valence-electron chi connectivity index (χ1n) is 10.1. The smallest absolute Gasteiger partial charge is 0.281 e. The van der Waals surface area contributed by atoms with Gasteiger partial charge in [0.15, 0.2) is 5.71 Å². The number of piperidine rings is 1. The van der Waals surface area contributed by atoms with E-state index in [1.54, 1.807) is 5.57 Å². The Hall–Kier alpha value is -2.14. The Morgan fingerprint density at radius 3 is 2.33 bits per heavy atom. The van der Waals surface area contributed by atoms with E-state index in [-0.39, 0.29) is 17.7 Å². The number of oxime groups is 1. The molecule has 1 aliphatic carbocycles. The lowest BCUT2D eigenvalue weighted by molar-refractivity contribution is -0.113. The monoisotopic (exact) mass is 367 g/mol. The number of carbonyl (C=O) groups is 1.